The normalized spacial score (nSPS) is 17.1. The summed E-state index contributed by atoms with van der Waals surface area (Å²) in [5, 5.41) is 13.9. The minimum absolute atomic E-state index is 0.0836. The molecule has 1 fully saturated rings. The van der Waals surface area contributed by atoms with Gasteiger partial charge in [0.1, 0.15) is 5.75 Å². The molecule has 0 unspecified atom stereocenters. The van der Waals surface area contributed by atoms with Crippen LogP contribution in [0.2, 0.25) is 0 Å². The highest BCUT2D eigenvalue weighted by atomic mass is 16.5. The van der Waals surface area contributed by atoms with Crippen molar-refractivity contribution in [2.24, 2.45) is 10.9 Å². The van der Waals surface area contributed by atoms with E-state index in [4.69, 9.17) is 20.4 Å². The van der Waals surface area contributed by atoms with Crippen molar-refractivity contribution in [3.8, 4) is 5.75 Å². The molecule has 0 radical (unpaired) electrons. The van der Waals surface area contributed by atoms with Crippen molar-refractivity contribution in [1.29, 1.82) is 0 Å². The summed E-state index contributed by atoms with van der Waals surface area (Å²) in [5.41, 5.74) is 10.5. The van der Waals surface area contributed by atoms with Gasteiger partial charge in [-0.05, 0) is 18.2 Å². The number of nitrogens with two attached hydrogens (primary N) is 1. The molecular weight excluding hydrogens is 260 g/mol. The van der Waals surface area contributed by atoms with Crippen LogP contribution in [0.5, 0.6) is 5.75 Å². The maximum absolute atomic E-state index is 8.73. The number of hydrogen-bond donors (Lipinski definition) is 3. The van der Waals surface area contributed by atoms with Crippen molar-refractivity contribution in [3.63, 3.8) is 0 Å². The minimum Gasteiger partial charge on any atom is -0.496 e. The van der Waals surface area contributed by atoms with E-state index in [0.29, 0.717) is 12.1 Å². The third kappa shape index (κ3) is 3.60. The van der Waals surface area contributed by atoms with E-state index in [1.165, 1.54) is 0 Å². The quantitative estimate of drug-likeness (QED) is 0.307. The number of nitrogens with zero attached hydrogens (tertiary/aromatic N) is 2. The van der Waals surface area contributed by atoms with E-state index >= 15 is 0 Å². The lowest BCUT2D eigenvalue weighted by molar-refractivity contribution is 0.0104. The zero-order valence-electron chi connectivity index (χ0n) is 11.5. The molecule has 0 aromatic heterocycles. The Hall–Kier alpha value is -1.83. The molecule has 110 valence electrons. The van der Waals surface area contributed by atoms with Crippen LogP contribution in [0.3, 0.4) is 0 Å². The van der Waals surface area contributed by atoms with Crippen molar-refractivity contribution >= 4 is 5.84 Å². The largest absolute Gasteiger partial charge is 0.496 e. The Labute approximate surface area is 117 Å². The number of methoxy groups -OCH3 is 1. The van der Waals surface area contributed by atoms with Gasteiger partial charge in [0.2, 0.25) is 0 Å². The van der Waals surface area contributed by atoms with Gasteiger partial charge in [-0.3, -0.25) is 5.43 Å². The Kier molecular flexibility index (Phi) is 5.16. The van der Waals surface area contributed by atoms with E-state index in [0.717, 1.165) is 37.6 Å². The van der Waals surface area contributed by atoms with E-state index in [-0.39, 0.29) is 5.84 Å². The number of amidine groups is 1. The summed E-state index contributed by atoms with van der Waals surface area (Å²) in [7, 11) is 1.62. The van der Waals surface area contributed by atoms with Crippen LogP contribution < -0.4 is 15.9 Å². The number of oxime groups is 1. The average Bonchev–Trinajstić information content (AvgIpc) is 2.52. The molecule has 1 heterocycles. The predicted molar refractivity (Wildman–Crippen MR) is 74.7 cm³/mol. The third-order valence-electron chi connectivity index (χ3n) is 3.19. The van der Waals surface area contributed by atoms with Crippen molar-refractivity contribution in [2.45, 2.75) is 6.54 Å². The molecule has 0 aliphatic carbocycles. The van der Waals surface area contributed by atoms with Crippen LogP contribution in [0.4, 0.5) is 0 Å². The number of rotatable bonds is 5. The first-order valence-electron chi connectivity index (χ1n) is 6.45. The molecular formula is C13H20N4O3. The van der Waals surface area contributed by atoms with Crippen LogP contribution in [0, 0.1) is 0 Å². The summed E-state index contributed by atoms with van der Waals surface area (Å²) in [4.78, 5) is 0. The molecule has 2 rings (SSSR count). The fraction of sp³-hybridized carbons (Fsp3) is 0.462. The first kappa shape index (κ1) is 14.6. The Morgan fingerprint density at radius 3 is 2.90 bits per heavy atom. The third-order valence-corrected chi connectivity index (χ3v) is 3.19. The highest BCUT2D eigenvalue weighted by Crippen LogP contribution is 2.20. The number of hydrogen-bond acceptors (Lipinski definition) is 6. The molecule has 7 heteroatoms. The molecule has 0 atom stereocenters. The first-order valence-corrected chi connectivity index (χ1v) is 6.45. The molecule has 0 bridgehead atoms. The van der Waals surface area contributed by atoms with Gasteiger partial charge < -0.3 is 20.4 Å². The average molecular weight is 280 g/mol. The second kappa shape index (κ2) is 7.09. The molecule has 0 spiro atoms. The summed E-state index contributed by atoms with van der Waals surface area (Å²) in [5.74, 6) is 0.848. The Balaban J connectivity index is 2.07. The summed E-state index contributed by atoms with van der Waals surface area (Å²) < 4.78 is 10.6. The van der Waals surface area contributed by atoms with Crippen LogP contribution in [0.15, 0.2) is 23.4 Å². The van der Waals surface area contributed by atoms with Crippen LogP contribution in [0.25, 0.3) is 0 Å². The molecule has 0 amide bonds. The Bertz CT molecular complexity index is 473. The lowest BCUT2D eigenvalue weighted by atomic mass is 10.1. The van der Waals surface area contributed by atoms with Gasteiger partial charge in [-0.1, -0.05) is 5.16 Å². The van der Waals surface area contributed by atoms with Crippen LogP contribution in [-0.2, 0) is 11.3 Å². The smallest absolute Gasteiger partial charge is 0.170 e. The molecule has 1 aliphatic heterocycles. The van der Waals surface area contributed by atoms with E-state index in [2.05, 4.69) is 15.6 Å². The van der Waals surface area contributed by atoms with E-state index < -0.39 is 0 Å². The Morgan fingerprint density at radius 2 is 2.25 bits per heavy atom. The van der Waals surface area contributed by atoms with E-state index in [9.17, 15) is 0 Å². The molecule has 0 saturated carbocycles. The van der Waals surface area contributed by atoms with E-state index in [1.807, 2.05) is 12.1 Å². The SMILES string of the molecule is COc1ccc(/C(N)=N/O)cc1CNN1CCOCC1. The van der Waals surface area contributed by atoms with E-state index in [1.54, 1.807) is 13.2 Å². The monoisotopic (exact) mass is 280 g/mol. The lowest BCUT2D eigenvalue weighted by Crippen LogP contribution is -2.45. The van der Waals surface area contributed by atoms with Gasteiger partial charge in [0.05, 0.1) is 20.3 Å². The van der Waals surface area contributed by atoms with Gasteiger partial charge in [0.15, 0.2) is 5.84 Å². The molecule has 4 N–H and O–H groups in total. The van der Waals surface area contributed by atoms with Crippen LogP contribution in [0.1, 0.15) is 11.1 Å². The van der Waals surface area contributed by atoms with Gasteiger partial charge in [-0.25, -0.2) is 5.01 Å². The fourth-order valence-electron chi connectivity index (χ4n) is 2.05. The van der Waals surface area contributed by atoms with Gasteiger partial charge in [-0.2, -0.15) is 0 Å². The summed E-state index contributed by atoms with van der Waals surface area (Å²) in [6.07, 6.45) is 0. The van der Waals surface area contributed by atoms with Crippen molar-refractivity contribution in [1.82, 2.24) is 10.4 Å². The van der Waals surface area contributed by atoms with Gasteiger partial charge in [0, 0.05) is 30.8 Å². The standard InChI is InChI=1S/C13H20N4O3/c1-19-12-3-2-10(13(14)16-18)8-11(12)9-15-17-4-6-20-7-5-17/h2-3,8,15,18H,4-7,9H2,1H3,(H2,14,16). The number of benzene rings is 1. The zero-order valence-corrected chi connectivity index (χ0v) is 11.5. The minimum atomic E-state index is 0.0836. The molecule has 1 saturated heterocycles. The second-order valence-corrected chi connectivity index (χ2v) is 4.45. The number of nitrogens with one attached hydrogen (secondary N) is 1. The van der Waals surface area contributed by atoms with Crippen molar-refractivity contribution < 1.29 is 14.7 Å². The maximum Gasteiger partial charge on any atom is 0.170 e. The lowest BCUT2D eigenvalue weighted by Gasteiger charge is -2.27. The van der Waals surface area contributed by atoms with Crippen LogP contribution in [-0.4, -0.2) is 49.5 Å². The maximum atomic E-state index is 8.73. The first-order chi connectivity index (χ1) is 9.74. The Morgan fingerprint density at radius 1 is 1.50 bits per heavy atom. The van der Waals surface area contributed by atoms with Gasteiger partial charge >= 0.3 is 0 Å². The van der Waals surface area contributed by atoms with Crippen LogP contribution >= 0.6 is 0 Å². The van der Waals surface area contributed by atoms with Gasteiger partial charge in [0.25, 0.3) is 0 Å². The summed E-state index contributed by atoms with van der Waals surface area (Å²) in [6, 6.07) is 5.41. The molecule has 7 nitrogen and oxygen atoms in total. The van der Waals surface area contributed by atoms with Crippen molar-refractivity contribution in [2.75, 3.05) is 33.4 Å². The highest BCUT2D eigenvalue weighted by molar-refractivity contribution is 5.97. The molecule has 20 heavy (non-hydrogen) atoms. The summed E-state index contributed by atoms with van der Waals surface area (Å²) >= 11 is 0. The van der Waals surface area contributed by atoms with Crippen molar-refractivity contribution in [3.05, 3.63) is 29.3 Å². The number of hydrazine groups is 1. The summed E-state index contributed by atoms with van der Waals surface area (Å²) in [6.45, 7) is 3.77. The fourth-order valence-corrected chi connectivity index (χ4v) is 2.05. The molecule has 1 aromatic carbocycles. The molecule has 1 aliphatic rings. The highest BCUT2D eigenvalue weighted by Gasteiger charge is 2.12. The van der Waals surface area contributed by atoms with Gasteiger partial charge in [-0.15, -0.1) is 0 Å². The topological polar surface area (TPSA) is 92.3 Å². The predicted octanol–water partition coefficient (Wildman–Crippen LogP) is 0.127. The number of ether oxygens (including phenoxy) is 2. The zero-order chi connectivity index (χ0) is 14.4. The second-order valence-electron chi connectivity index (χ2n) is 4.45. The molecule has 1 aromatic rings. The number of morpholine rings is 1.